The minimum atomic E-state index is -0.822. The second-order valence-electron chi connectivity index (χ2n) is 3.68. The normalized spacial score (nSPS) is 11.7. The topological polar surface area (TPSA) is 72.6 Å². The van der Waals surface area contributed by atoms with Crippen LogP contribution in [0.1, 0.15) is 10.4 Å². The lowest BCUT2D eigenvalue weighted by Gasteiger charge is -2.20. The Hall–Kier alpha value is -1.88. The molecule has 1 aromatic rings. The van der Waals surface area contributed by atoms with Crippen LogP contribution in [0.15, 0.2) is 30.3 Å². The van der Waals surface area contributed by atoms with Gasteiger partial charge in [-0.1, -0.05) is 18.2 Å². The minimum absolute atomic E-state index is 0.125. The Bertz CT molecular complexity index is 392. The molecule has 2 N–H and O–H groups in total. The highest BCUT2D eigenvalue weighted by atomic mass is 16.5. The average Bonchev–Trinajstić information content (AvgIpc) is 2.37. The van der Waals surface area contributed by atoms with Crippen LogP contribution in [0, 0.1) is 0 Å². The Morgan fingerprint density at radius 3 is 2.47 bits per heavy atom. The molecule has 1 rings (SSSR count). The van der Waals surface area contributed by atoms with Gasteiger partial charge in [-0.25, -0.2) is 0 Å². The van der Waals surface area contributed by atoms with Crippen LogP contribution in [-0.4, -0.2) is 43.5 Å². The first kappa shape index (κ1) is 13.2. The van der Waals surface area contributed by atoms with Gasteiger partial charge in [0.05, 0.1) is 7.11 Å². The molecule has 17 heavy (non-hydrogen) atoms. The van der Waals surface area contributed by atoms with Crippen molar-refractivity contribution in [1.82, 2.24) is 4.90 Å². The fraction of sp³-hybridized carbons (Fsp3) is 0.333. The Morgan fingerprint density at radius 1 is 1.35 bits per heavy atom. The van der Waals surface area contributed by atoms with Gasteiger partial charge in [0, 0.05) is 19.2 Å². The fourth-order valence-corrected chi connectivity index (χ4v) is 1.40. The van der Waals surface area contributed by atoms with E-state index in [4.69, 9.17) is 5.73 Å². The average molecular weight is 236 g/mol. The lowest BCUT2D eigenvalue weighted by atomic mass is 10.2. The second-order valence-corrected chi connectivity index (χ2v) is 3.68. The minimum Gasteiger partial charge on any atom is -0.468 e. The molecule has 0 saturated carbocycles. The van der Waals surface area contributed by atoms with E-state index < -0.39 is 12.0 Å². The second kappa shape index (κ2) is 6.00. The van der Waals surface area contributed by atoms with Gasteiger partial charge in [-0.05, 0) is 12.1 Å². The molecule has 92 valence electrons. The van der Waals surface area contributed by atoms with Crippen molar-refractivity contribution < 1.29 is 14.3 Å². The summed E-state index contributed by atoms with van der Waals surface area (Å²) in [6.45, 7) is 0.125. The summed E-state index contributed by atoms with van der Waals surface area (Å²) in [6.07, 6.45) is 0. The van der Waals surface area contributed by atoms with E-state index in [0.29, 0.717) is 5.56 Å². The molecule has 0 spiro atoms. The first-order valence-corrected chi connectivity index (χ1v) is 5.20. The van der Waals surface area contributed by atoms with E-state index in [1.807, 2.05) is 6.07 Å². The molecule has 0 aliphatic heterocycles. The summed E-state index contributed by atoms with van der Waals surface area (Å²) >= 11 is 0. The van der Waals surface area contributed by atoms with Crippen LogP contribution >= 0.6 is 0 Å². The van der Waals surface area contributed by atoms with Crippen LogP contribution in [-0.2, 0) is 9.53 Å². The van der Waals surface area contributed by atoms with Crippen LogP contribution < -0.4 is 5.73 Å². The largest absolute Gasteiger partial charge is 0.468 e. The summed E-state index contributed by atoms with van der Waals surface area (Å²) in [5.74, 6) is -0.706. The number of nitrogens with two attached hydrogens (primary N) is 1. The number of esters is 1. The van der Waals surface area contributed by atoms with E-state index in [0.717, 1.165) is 0 Å². The maximum Gasteiger partial charge on any atom is 0.324 e. The third kappa shape index (κ3) is 3.57. The van der Waals surface area contributed by atoms with Gasteiger partial charge in [0.1, 0.15) is 6.04 Å². The zero-order valence-corrected chi connectivity index (χ0v) is 9.92. The first-order chi connectivity index (χ1) is 8.06. The van der Waals surface area contributed by atoms with Crippen molar-refractivity contribution in [2.24, 2.45) is 5.73 Å². The summed E-state index contributed by atoms with van der Waals surface area (Å²) in [5.41, 5.74) is 6.14. The van der Waals surface area contributed by atoms with E-state index in [9.17, 15) is 9.59 Å². The Balaban J connectivity index is 2.62. The zero-order valence-electron chi connectivity index (χ0n) is 9.92. The summed E-state index contributed by atoms with van der Waals surface area (Å²) in [7, 11) is 2.86. The standard InChI is InChI=1S/C12H16N2O3/c1-14(8-10(13)12(16)17-2)11(15)9-6-4-3-5-7-9/h3-7,10H,8,13H2,1-2H3. The van der Waals surface area contributed by atoms with Crippen LogP contribution in [0.2, 0.25) is 0 Å². The molecule has 1 atom stereocenters. The SMILES string of the molecule is COC(=O)C(N)CN(C)C(=O)c1ccccc1. The van der Waals surface area contributed by atoms with E-state index in [1.165, 1.54) is 12.0 Å². The molecule has 0 aliphatic carbocycles. The zero-order chi connectivity index (χ0) is 12.8. The summed E-state index contributed by atoms with van der Waals surface area (Å²) in [5, 5.41) is 0. The van der Waals surface area contributed by atoms with Crippen LogP contribution in [0.3, 0.4) is 0 Å². The number of methoxy groups -OCH3 is 1. The van der Waals surface area contributed by atoms with Crippen molar-refractivity contribution in [3.8, 4) is 0 Å². The van der Waals surface area contributed by atoms with Crippen molar-refractivity contribution >= 4 is 11.9 Å². The molecule has 1 aromatic carbocycles. The third-order valence-corrected chi connectivity index (χ3v) is 2.34. The number of carbonyl (C=O) groups is 2. The number of likely N-dealkylation sites (N-methyl/N-ethyl adjacent to an activating group) is 1. The lowest BCUT2D eigenvalue weighted by molar-refractivity contribution is -0.142. The number of hydrogen-bond donors (Lipinski definition) is 1. The monoisotopic (exact) mass is 236 g/mol. The number of hydrogen-bond acceptors (Lipinski definition) is 4. The summed E-state index contributed by atoms with van der Waals surface area (Å²) in [4.78, 5) is 24.4. The van der Waals surface area contributed by atoms with Gasteiger partial charge in [0.15, 0.2) is 0 Å². The molecule has 0 radical (unpaired) electrons. The maximum absolute atomic E-state index is 11.9. The molecule has 0 aliphatic rings. The van der Waals surface area contributed by atoms with Crippen molar-refractivity contribution in [3.05, 3.63) is 35.9 Å². The highest BCUT2D eigenvalue weighted by Crippen LogP contribution is 2.03. The smallest absolute Gasteiger partial charge is 0.324 e. The van der Waals surface area contributed by atoms with Gasteiger partial charge in [0.2, 0.25) is 0 Å². The molecule has 1 unspecified atom stereocenters. The number of benzene rings is 1. The molecule has 5 heteroatoms. The Labute approximate surface area is 100 Å². The Morgan fingerprint density at radius 2 is 1.94 bits per heavy atom. The number of carbonyl (C=O) groups excluding carboxylic acids is 2. The lowest BCUT2D eigenvalue weighted by Crippen LogP contribution is -2.44. The molecule has 0 saturated heterocycles. The quantitative estimate of drug-likeness (QED) is 0.761. The highest BCUT2D eigenvalue weighted by Gasteiger charge is 2.19. The number of rotatable bonds is 4. The van der Waals surface area contributed by atoms with E-state index in [1.54, 1.807) is 31.3 Å². The van der Waals surface area contributed by atoms with Crippen molar-refractivity contribution in [3.63, 3.8) is 0 Å². The van der Waals surface area contributed by atoms with E-state index in [-0.39, 0.29) is 12.5 Å². The fourth-order valence-electron chi connectivity index (χ4n) is 1.40. The summed E-state index contributed by atoms with van der Waals surface area (Å²) < 4.78 is 4.50. The number of amides is 1. The van der Waals surface area contributed by atoms with Gasteiger partial charge in [-0.15, -0.1) is 0 Å². The number of ether oxygens (including phenoxy) is 1. The van der Waals surface area contributed by atoms with Gasteiger partial charge in [-0.2, -0.15) is 0 Å². The molecule has 0 fully saturated rings. The molecule has 1 amide bonds. The van der Waals surface area contributed by atoms with Crippen molar-refractivity contribution in [1.29, 1.82) is 0 Å². The van der Waals surface area contributed by atoms with Crippen molar-refractivity contribution in [2.75, 3.05) is 20.7 Å². The molecule has 0 bridgehead atoms. The van der Waals surface area contributed by atoms with Crippen LogP contribution in [0.4, 0.5) is 0 Å². The van der Waals surface area contributed by atoms with Gasteiger partial charge < -0.3 is 15.4 Å². The molecule has 0 heterocycles. The highest BCUT2D eigenvalue weighted by molar-refractivity contribution is 5.94. The molecule has 0 aromatic heterocycles. The van der Waals surface area contributed by atoms with Crippen LogP contribution in [0.5, 0.6) is 0 Å². The molecule has 5 nitrogen and oxygen atoms in total. The molecular formula is C12H16N2O3. The van der Waals surface area contributed by atoms with E-state index >= 15 is 0 Å². The Kier molecular flexibility index (Phi) is 4.66. The van der Waals surface area contributed by atoms with Crippen molar-refractivity contribution in [2.45, 2.75) is 6.04 Å². The number of nitrogens with zero attached hydrogens (tertiary/aromatic N) is 1. The van der Waals surface area contributed by atoms with Gasteiger partial charge in [-0.3, -0.25) is 9.59 Å². The van der Waals surface area contributed by atoms with E-state index in [2.05, 4.69) is 4.74 Å². The molecular weight excluding hydrogens is 220 g/mol. The predicted octanol–water partition coefficient (Wildman–Crippen LogP) is 0.259. The van der Waals surface area contributed by atoms with Crippen LogP contribution in [0.25, 0.3) is 0 Å². The third-order valence-electron chi connectivity index (χ3n) is 2.34. The maximum atomic E-state index is 11.9. The van der Waals surface area contributed by atoms with Gasteiger partial charge >= 0.3 is 5.97 Å². The first-order valence-electron chi connectivity index (χ1n) is 5.20. The van der Waals surface area contributed by atoms with Gasteiger partial charge in [0.25, 0.3) is 5.91 Å². The predicted molar refractivity (Wildman–Crippen MR) is 63.4 cm³/mol. The summed E-state index contributed by atoms with van der Waals surface area (Å²) in [6, 6.07) is 7.99.